The number of hydrogen-bond donors (Lipinski definition) is 7. The lowest BCUT2D eigenvalue weighted by Gasteiger charge is -2.26. The van der Waals surface area contributed by atoms with E-state index >= 15 is 0 Å². The smallest absolute Gasteiger partial charge is 0.326 e. The zero-order valence-electron chi connectivity index (χ0n) is 20.7. The molecule has 13 nitrogen and oxygen atoms in total. The molecule has 200 valence electrons. The van der Waals surface area contributed by atoms with Crippen molar-refractivity contribution in [2.45, 2.75) is 90.4 Å². The predicted octanol–water partition coefficient (Wildman–Crippen LogP) is -0.925. The fourth-order valence-electron chi connectivity index (χ4n) is 3.18. The summed E-state index contributed by atoms with van der Waals surface area (Å²) in [6.45, 7) is 7.21. The maximum Gasteiger partial charge on any atom is 0.326 e. The van der Waals surface area contributed by atoms with Crippen LogP contribution in [0.5, 0.6) is 0 Å². The highest BCUT2D eigenvalue weighted by Gasteiger charge is 2.31. The molecule has 0 saturated heterocycles. The van der Waals surface area contributed by atoms with Crippen molar-refractivity contribution < 1.29 is 39.0 Å². The molecule has 0 aliphatic carbocycles. The summed E-state index contributed by atoms with van der Waals surface area (Å²) < 4.78 is 0. The van der Waals surface area contributed by atoms with Gasteiger partial charge < -0.3 is 37.6 Å². The molecule has 4 amide bonds. The van der Waals surface area contributed by atoms with Gasteiger partial charge >= 0.3 is 11.9 Å². The van der Waals surface area contributed by atoms with Crippen molar-refractivity contribution >= 4 is 35.6 Å². The van der Waals surface area contributed by atoms with E-state index in [4.69, 9.17) is 16.6 Å². The van der Waals surface area contributed by atoms with E-state index in [2.05, 4.69) is 16.0 Å². The number of rotatable bonds is 17. The standard InChI is InChI=1S/C22H39N5O8/c1-11(2)9-15(21(33)27-16(22(34)35)10-12(3)4)26-20(32)14(6-8-18(29)30)25-19(31)13(23)5-7-17(24)28/h11-16H,5-10,23H2,1-4H3,(H2,24,28)(H,25,31)(H,26,32)(H,27,33)(H,29,30)(H,34,35). The highest BCUT2D eigenvalue weighted by molar-refractivity contribution is 5.94. The summed E-state index contributed by atoms with van der Waals surface area (Å²) in [6.07, 6.45) is -0.604. The third kappa shape index (κ3) is 13.9. The summed E-state index contributed by atoms with van der Waals surface area (Å²) in [5, 5.41) is 25.7. The van der Waals surface area contributed by atoms with E-state index in [-0.39, 0.29) is 43.9 Å². The minimum absolute atomic E-state index is 0.0103. The fourth-order valence-corrected chi connectivity index (χ4v) is 3.18. The van der Waals surface area contributed by atoms with Crippen LogP contribution in [0.25, 0.3) is 0 Å². The van der Waals surface area contributed by atoms with Crippen LogP contribution in [0, 0.1) is 11.8 Å². The van der Waals surface area contributed by atoms with E-state index in [0.29, 0.717) is 0 Å². The number of hydrogen-bond acceptors (Lipinski definition) is 7. The number of carboxylic acid groups (broad SMARTS) is 2. The first-order valence-corrected chi connectivity index (χ1v) is 11.5. The molecular weight excluding hydrogens is 462 g/mol. The van der Waals surface area contributed by atoms with Crippen LogP contribution in [0.15, 0.2) is 0 Å². The van der Waals surface area contributed by atoms with Crippen molar-refractivity contribution in [3.63, 3.8) is 0 Å². The van der Waals surface area contributed by atoms with E-state index < -0.39 is 66.2 Å². The highest BCUT2D eigenvalue weighted by Crippen LogP contribution is 2.10. The Kier molecular flexibility index (Phi) is 14.2. The monoisotopic (exact) mass is 501 g/mol. The quantitative estimate of drug-likeness (QED) is 0.130. The maximum absolute atomic E-state index is 12.9. The van der Waals surface area contributed by atoms with Crippen molar-refractivity contribution in [1.82, 2.24) is 16.0 Å². The van der Waals surface area contributed by atoms with Crippen LogP contribution in [0.1, 0.15) is 66.2 Å². The molecule has 4 unspecified atom stereocenters. The molecule has 0 rings (SSSR count). The number of nitrogens with two attached hydrogens (primary N) is 2. The number of aliphatic carboxylic acids is 2. The van der Waals surface area contributed by atoms with Gasteiger partial charge in [0.1, 0.15) is 18.1 Å². The second kappa shape index (κ2) is 15.6. The van der Waals surface area contributed by atoms with E-state index in [1.165, 1.54) is 0 Å². The van der Waals surface area contributed by atoms with E-state index in [0.717, 1.165) is 0 Å². The Hall–Kier alpha value is -3.22. The van der Waals surface area contributed by atoms with Gasteiger partial charge in [0, 0.05) is 12.8 Å². The SMILES string of the molecule is CC(C)CC(NC(=O)C(CC(C)C)NC(=O)C(CCC(=O)O)NC(=O)C(N)CCC(N)=O)C(=O)O. The van der Waals surface area contributed by atoms with E-state index in [9.17, 15) is 33.9 Å². The fraction of sp³-hybridized carbons (Fsp3) is 0.727. The largest absolute Gasteiger partial charge is 0.481 e. The van der Waals surface area contributed by atoms with Gasteiger partial charge in [0.15, 0.2) is 0 Å². The van der Waals surface area contributed by atoms with E-state index in [1.807, 2.05) is 0 Å². The molecule has 0 aromatic carbocycles. The van der Waals surface area contributed by atoms with Gasteiger partial charge in [0.25, 0.3) is 0 Å². The number of nitrogens with one attached hydrogen (secondary N) is 3. The molecule has 0 fully saturated rings. The molecular formula is C22H39N5O8. The molecule has 0 bridgehead atoms. The van der Waals surface area contributed by atoms with Gasteiger partial charge in [0.05, 0.1) is 6.04 Å². The maximum atomic E-state index is 12.9. The Bertz CT molecular complexity index is 771. The van der Waals surface area contributed by atoms with Crippen LogP contribution in [-0.4, -0.2) is 69.9 Å². The number of carbonyl (C=O) groups is 6. The van der Waals surface area contributed by atoms with Crippen molar-refractivity contribution in [3.05, 3.63) is 0 Å². The second-order valence-electron chi connectivity index (χ2n) is 9.32. The Morgan fingerprint density at radius 2 is 1.14 bits per heavy atom. The van der Waals surface area contributed by atoms with Gasteiger partial charge in [-0.15, -0.1) is 0 Å². The number of carbonyl (C=O) groups excluding carboxylic acids is 4. The number of primary amides is 1. The van der Waals surface area contributed by atoms with Gasteiger partial charge in [-0.2, -0.15) is 0 Å². The molecule has 0 spiro atoms. The molecule has 0 aliphatic heterocycles. The van der Waals surface area contributed by atoms with Crippen molar-refractivity contribution in [2.24, 2.45) is 23.3 Å². The van der Waals surface area contributed by atoms with Gasteiger partial charge in [-0.3, -0.25) is 24.0 Å². The molecule has 0 radical (unpaired) electrons. The molecule has 0 aliphatic rings. The summed E-state index contributed by atoms with van der Waals surface area (Å²) in [4.78, 5) is 71.6. The number of carboxylic acids is 2. The summed E-state index contributed by atoms with van der Waals surface area (Å²) in [6, 6.07) is -4.76. The van der Waals surface area contributed by atoms with E-state index in [1.54, 1.807) is 27.7 Å². The number of amides is 4. The average molecular weight is 502 g/mol. The highest BCUT2D eigenvalue weighted by atomic mass is 16.4. The van der Waals surface area contributed by atoms with Gasteiger partial charge in [-0.05, 0) is 37.5 Å². The van der Waals surface area contributed by atoms with Gasteiger partial charge in [-0.1, -0.05) is 27.7 Å². The van der Waals surface area contributed by atoms with Gasteiger partial charge in [0.2, 0.25) is 23.6 Å². The normalized spacial score (nSPS) is 14.5. The zero-order valence-corrected chi connectivity index (χ0v) is 20.7. The molecule has 4 atom stereocenters. The van der Waals surface area contributed by atoms with Crippen molar-refractivity contribution in [2.75, 3.05) is 0 Å². The minimum Gasteiger partial charge on any atom is -0.481 e. The topological polar surface area (TPSA) is 231 Å². The van der Waals surface area contributed by atoms with Crippen LogP contribution in [-0.2, 0) is 28.8 Å². The van der Waals surface area contributed by atoms with Crippen LogP contribution < -0.4 is 27.4 Å². The molecule has 35 heavy (non-hydrogen) atoms. The lowest BCUT2D eigenvalue weighted by molar-refractivity contribution is -0.143. The van der Waals surface area contributed by atoms with Crippen molar-refractivity contribution in [3.8, 4) is 0 Å². The zero-order chi connectivity index (χ0) is 27.3. The first-order valence-electron chi connectivity index (χ1n) is 11.5. The third-order valence-corrected chi connectivity index (χ3v) is 4.98. The Balaban J connectivity index is 5.55. The summed E-state index contributed by atoms with van der Waals surface area (Å²) in [5.74, 6) is -5.46. The molecule has 13 heteroatoms. The molecule has 0 saturated carbocycles. The summed E-state index contributed by atoms with van der Waals surface area (Å²) >= 11 is 0. The van der Waals surface area contributed by atoms with Crippen LogP contribution in [0.2, 0.25) is 0 Å². The second-order valence-corrected chi connectivity index (χ2v) is 9.32. The Labute approximate surface area is 204 Å². The Morgan fingerprint density at radius 3 is 1.60 bits per heavy atom. The average Bonchev–Trinajstić information content (AvgIpc) is 2.72. The minimum atomic E-state index is -1.33. The first kappa shape index (κ1) is 31.8. The molecule has 9 N–H and O–H groups in total. The van der Waals surface area contributed by atoms with Crippen LogP contribution in [0.3, 0.4) is 0 Å². The third-order valence-electron chi connectivity index (χ3n) is 4.98. The Morgan fingerprint density at radius 1 is 0.686 bits per heavy atom. The molecule has 0 aromatic heterocycles. The summed E-state index contributed by atoms with van der Waals surface area (Å²) in [7, 11) is 0. The van der Waals surface area contributed by atoms with Gasteiger partial charge in [-0.25, -0.2) is 4.79 Å². The lowest BCUT2D eigenvalue weighted by atomic mass is 10.00. The first-order chi connectivity index (χ1) is 16.1. The summed E-state index contributed by atoms with van der Waals surface area (Å²) in [5.41, 5.74) is 10.8. The predicted molar refractivity (Wildman–Crippen MR) is 126 cm³/mol. The van der Waals surface area contributed by atoms with Crippen LogP contribution in [0.4, 0.5) is 0 Å². The molecule has 0 heterocycles. The van der Waals surface area contributed by atoms with Crippen molar-refractivity contribution in [1.29, 1.82) is 0 Å². The molecule has 0 aromatic rings. The lowest BCUT2D eigenvalue weighted by Crippen LogP contribution is -2.57. The van der Waals surface area contributed by atoms with Crippen LogP contribution >= 0.6 is 0 Å².